The number of morpholine rings is 1. The van der Waals surface area contributed by atoms with Crippen LogP contribution in [-0.2, 0) is 14.3 Å². The molecule has 2 aliphatic heterocycles. The molecule has 1 aromatic heterocycles. The number of piperidine rings is 1. The van der Waals surface area contributed by atoms with Gasteiger partial charge in [-0.2, -0.15) is 0 Å². The van der Waals surface area contributed by atoms with E-state index in [1.54, 1.807) is 23.0 Å². The van der Waals surface area contributed by atoms with Gasteiger partial charge in [0.15, 0.2) is 5.69 Å². The van der Waals surface area contributed by atoms with E-state index in [1.165, 1.54) is 6.26 Å². The number of carbonyl (C=O) groups excluding carboxylic acids is 2. The summed E-state index contributed by atoms with van der Waals surface area (Å²) >= 11 is 0. The van der Waals surface area contributed by atoms with E-state index in [-0.39, 0.29) is 17.5 Å². The first-order valence-corrected chi connectivity index (χ1v) is 7.78. The maximum Gasteiger partial charge on any atom is 0.276 e. The molecule has 126 valence electrons. The number of carbonyl (C=O) groups is 2. The molecule has 0 unspecified atom stereocenters. The van der Waals surface area contributed by atoms with Crippen LogP contribution in [0.3, 0.4) is 0 Å². The summed E-state index contributed by atoms with van der Waals surface area (Å²) in [7, 11) is 1.56. The summed E-state index contributed by atoms with van der Waals surface area (Å²) in [6.07, 6.45) is 2.32. The Morgan fingerprint density at radius 3 is 2.43 bits per heavy atom. The zero-order chi connectivity index (χ0) is 16.3. The lowest BCUT2D eigenvalue weighted by Gasteiger charge is -2.42. The van der Waals surface area contributed by atoms with Gasteiger partial charge in [0.2, 0.25) is 0 Å². The molecular formula is C15H21N3O5. The van der Waals surface area contributed by atoms with Crippen molar-refractivity contribution in [3.05, 3.63) is 18.0 Å². The second-order valence-electron chi connectivity index (χ2n) is 5.78. The Labute approximate surface area is 134 Å². The van der Waals surface area contributed by atoms with Gasteiger partial charge in [0.05, 0.1) is 13.2 Å². The van der Waals surface area contributed by atoms with E-state index >= 15 is 0 Å². The van der Waals surface area contributed by atoms with Gasteiger partial charge in [0.25, 0.3) is 11.8 Å². The molecule has 3 rings (SSSR count). The van der Waals surface area contributed by atoms with Crippen LogP contribution in [0.4, 0.5) is 0 Å². The monoisotopic (exact) mass is 323 g/mol. The fourth-order valence-corrected chi connectivity index (χ4v) is 3.12. The summed E-state index contributed by atoms with van der Waals surface area (Å²) in [6.45, 7) is 3.20. The largest absolute Gasteiger partial charge is 0.378 e. The standard InChI is InChI=1S/C15H21N3O5/c1-21-15(14(20)18-7-10-22-11-8-18)3-5-17(6-4-15)13(19)12-2-9-23-16-12/h2,9H,3-8,10-11H2,1H3. The molecule has 0 saturated carbocycles. The predicted molar refractivity (Wildman–Crippen MR) is 78.8 cm³/mol. The number of aromatic nitrogens is 1. The first-order chi connectivity index (χ1) is 11.2. The lowest BCUT2D eigenvalue weighted by atomic mass is 9.89. The van der Waals surface area contributed by atoms with Crippen LogP contribution < -0.4 is 0 Å². The third-order valence-corrected chi connectivity index (χ3v) is 4.59. The smallest absolute Gasteiger partial charge is 0.276 e. The molecule has 2 saturated heterocycles. The lowest BCUT2D eigenvalue weighted by molar-refractivity contribution is -0.164. The van der Waals surface area contributed by atoms with Crippen molar-refractivity contribution >= 4 is 11.8 Å². The maximum absolute atomic E-state index is 12.8. The molecule has 0 N–H and O–H groups in total. The number of amides is 2. The van der Waals surface area contributed by atoms with Crippen LogP contribution in [0.25, 0.3) is 0 Å². The zero-order valence-electron chi connectivity index (χ0n) is 13.2. The van der Waals surface area contributed by atoms with Crippen molar-refractivity contribution in [2.24, 2.45) is 0 Å². The van der Waals surface area contributed by atoms with E-state index in [9.17, 15) is 9.59 Å². The highest BCUT2D eigenvalue weighted by atomic mass is 16.5. The first kappa shape index (κ1) is 15.9. The van der Waals surface area contributed by atoms with E-state index in [1.807, 2.05) is 0 Å². The van der Waals surface area contributed by atoms with Gasteiger partial charge in [-0.1, -0.05) is 5.16 Å². The Bertz CT molecular complexity index is 545. The van der Waals surface area contributed by atoms with Crippen molar-refractivity contribution in [1.29, 1.82) is 0 Å². The van der Waals surface area contributed by atoms with Gasteiger partial charge >= 0.3 is 0 Å². The van der Waals surface area contributed by atoms with Gasteiger partial charge in [-0.05, 0) is 0 Å². The molecule has 0 radical (unpaired) electrons. The number of hydrogen-bond acceptors (Lipinski definition) is 6. The highest BCUT2D eigenvalue weighted by Gasteiger charge is 2.45. The SMILES string of the molecule is COC1(C(=O)N2CCOCC2)CCN(C(=O)c2ccon2)CC1. The highest BCUT2D eigenvalue weighted by Crippen LogP contribution is 2.29. The molecule has 2 amide bonds. The molecule has 1 aromatic rings. The van der Waals surface area contributed by atoms with E-state index < -0.39 is 5.60 Å². The highest BCUT2D eigenvalue weighted by molar-refractivity contribution is 5.92. The molecule has 2 fully saturated rings. The van der Waals surface area contributed by atoms with Crippen molar-refractivity contribution in [3.8, 4) is 0 Å². The second kappa shape index (κ2) is 6.67. The topological polar surface area (TPSA) is 85.1 Å². The number of nitrogens with zero attached hydrogens (tertiary/aromatic N) is 3. The minimum absolute atomic E-state index is 0.00293. The van der Waals surface area contributed by atoms with Gasteiger partial charge < -0.3 is 23.8 Å². The van der Waals surface area contributed by atoms with Crippen LogP contribution >= 0.6 is 0 Å². The fourth-order valence-electron chi connectivity index (χ4n) is 3.12. The average molecular weight is 323 g/mol. The van der Waals surface area contributed by atoms with Gasteiger partial charge in [-0.25, -0.2) is 0 Å². The molecule has 0 aromatic carbocycles. The lowest BCUT2D eigenvalue weighted by Crippen LogP contribution is -2.58. The predicted octanol–water partition coefficient (Wildman–Crippen LogP) is 0.155. The molecule has 2 aliphatic rings. The summed E-state index contributed by atoms with van der Waals surface area (Å²) in [5, 5.41) is 3.67. The molecule has 0 bridgehead atoms. The number of methoxy groups -OCH3 is 1. The Morgan fingerprint density at radius 2 is 1.87 bits per heavy atom. The van der Waals surface area contributed by atoms with Gasteiger partial charge in [0, 0.05) is 52.2 Å². The third-order valence-electron chi connectivity index (χ3n) is 4.59. The third kappa shape index (κ3) is 3.09. The Morgan fingerprint density at radius 1 is 1.17 bits per heavy atom. The van der Waals surface area contributed by atoms with Crippen LogP contribution in [0.2, 0.25) is 0 Å². The number of ether oxygens (including phenoxy) is 2. The van der Waals surface area contributed by atoms with Crippen LogP contribution in [-0.4, -0.2) is 78.9 Å². The maximum atomic E-state index is 12.8. The van der Waals surface area contributed by atoms with E-state index in [0.29, 0.717) is 52.2 Å². The normalized spacial score (nSPS) is 21.3. The molecule has 8 nitrogen and oxygen atoms in total. The van der Waals surface area contributed by atoms with Crippen molar-refractivity contribution in [2.75, 3.05) is 46.5 Å². The summed E-state index contributed by atoms with van der Waals surface area (Å²) in [5.41, 5.74) is -0.563. The molecular weight excluding hydrogens is 302 g/mol. The van der Waals surface area contributed by atoms with E-state index in [0.717, 1.165) is 0 Å². The van der Waals surface area contributed by atoms with Crippen LogP contribution in [0.15, 0.2) is 16.9 Å². The Balaban J connectivity index is 1.64. The van der Waals surface area contributed by atoms with Gasteiger partial charge in [0.1, 0.15) is 11.9 Å². The minimum Gasteiger partial charge on any atom is -0.378 e. The number of likely N-dealkylation sites (tertiary alicyclic amines) is 1. The average Bonchev–Trinajstić information content (AvgIpc) is 3.16. The van der Waals surface area contributed by atoms with Gasteiger partial charge in [-0.3, -0.25) is 9.59 Å². The Kier molecular flexibility index (Phi) is 4.63. The Hall–Kier alpha value is -1.93. The molecule has 0 spiro atoms. The molecule has 8 heteroatoms. The second-order valence-corrected chi connectivity index (χ2v) is 5.78. The van der Waals surface area contributed by atoms with E-state index in [2.05, 4.69) is 5.16 Å². The zero-order valence-corrected chi connectivity index (χ0v) is 13.2. The summed E-state index contributed by atoms with van der Waals surface area (Å²) < 4.78 is 15.6. The molecule has 0 aliphatic carbocycles. The number of rotatable bonds is 3. The van der Waals surface area contributed by atoms with Crippen molar-refractivity contribution in [3.63, 3.8) is 0 Å². The van der Waals surface area contributed by atoms with Crippen LogP contribution in [0.1, 0.15) is 23.3 Å². The fraction of sp³-hybridized carbons (Fsp3) is 0.667. The molecule has 0 atom stereocenters. The van der Waals surface area contributed by atoms with Gasteiger partial charge in [-0.15, -0.1) is 0 Å². The first-order valence-electron chi connectivity index (χ1n) is 7.78. The van der Waals surface area contributed by atoms with Crippen molar-refractivity contribution < 1.29 is 23.6 Å². The summed E-state index contributed by atoms with van der Waals surface area (Å²) in [6, 6.07) is 1.54. The minimum atomic E-state index is -0.849. The quantitative estimate of drug-likeness (QED) is 0.787. The van der Waals surface area contributed by atoms with Crippen LogP contribution in [0.5, 0.6) is 0 Å². The van der Waals surface area contributed by atoms with Crippen molar-refractivity contribution in [1.82, 2.24) is 15.0 Å². The van der Waals surface area contributed by atoms with Crippen LogP contribution in [0, 0.1) is 0 Å². The summed E-state index contributed by atoms with van der Waals surface area (Å²) in [4.78, 5) is 28.6. The molecule has 3 heterocycles. The van der Waals surface area contributed by atoms with Crippen molar-refractivity contribution in [2.45, 2.75) is 18.4 Å². The molecule has 23 heavy (non-hydrogen) atoms. The number of hydrogen-bond donors (Lipinski definition) is 0. The summed E-state index contributed by atoms with van der Waals surface area (Å²) in [5.74, 6) is -0.181. The van der Waals surface area contributed by atoms with E-state index in [4.69, 9.17) is 14.0 Å².